The van der Waals surface area contributed by atoms with Crippen LogP contribution in [0.3, 0.4) is 0 Å². The lowest BCUT2D eigenvalue weighted by molar-refractivity contribution is 0.356. The van der Waals surface area contributed by atoms with E-state index in [1.54, 1.807) is 24.0 Å². The number of halogens is 1. The number of nitrogens with zero attached hydrogens (tertiary/aromatic N) is 4. The average Bonchev–Trinajstić information content (AvgIpc) is 3.11. The molecule has 21 heavy (non-hydrogen) atoms. The predicted octanol–water partition coefficient (Wildman–Crippen LogP) is 1.28. The summed E-state index contributed by atoms with van der Waals surface area (Å²) in [4.78, 5) is 4.16. The summed E-state index contributed by atoms with van der Waals surface area (Å²) in [6, 6.07) is 3.12. The summed E-state index contributed by atoms with van der Waals surface area (Å²) in [5.74, 6) is 1.82. The molecule has 1 aromatic carbocycles. The van der Waals surface area contributed by atoms with Crippen molar-refractivity contribution in [2.24, 2.45) is 4.99 Å². The van der Waals surface area contributed by atoms with Gasteiger partial charge in [-0.3, -0.25) is 9.56 Å². The monoisotopic (exact) mass is 289 g/mol. The molecule has 0 radical (unpaired) electrons. The molecule has 1 aliphatic rings. The van der Waals surface area contributed by atoms with Crippen molar-refractivity contribution >= 4 is 5.96 Å². The first kappa shape index (κ1) is 13.5. The maximum absolute atomic E-state index is 14.1. The fourth-order valence-corrected chi connectivity index (χ4v) is 2.45. The van der Waals surface area contributed by atoms with Gasteiger partial charge in [0.2, 0.25) is 5.96 Å². The van der Waals surface area contributed by atoms with Crippen LogP contribution in [0.5, 0.6) is 5.75 Å². The molecule has 0 atom stereocenters. The van der Waals surface area contributed by atoms with Crippen molar-refractivity contribution in [3.63, 3.8) is 0 Å². The molecule has 0 fully saturated rings. The summed E-state index contributed by atoms with van der Waals surface area (Å²) >= 11 is 0. The van der Waals surface area contributed by atoms with Crippen LogP contribution in [0.4, 0.5) is 4.39 Å². The van der Waals surface area contributed by atoms with E-state index in [0.717, 1.165) is 17.7 Å². The fraction of sp³-hybridized carbons (Fsp3) is 0.357. The molecule has 2 aromatic rings. The largest absolute Gasteiger partial charge is 0.493 e. The van der Waals surface area contributed by atoms with Crippen LogP contribution in [0.25, 0.3) is 0 Å². The first-order valence-corrected chi connectivity index (χ1v) is 6.71. The van der Waals surface area contributed by atoms with Gasteiger partial charge in [-0.05, 0) is 19.1 Å². The first-order chi connectivity index (χ1) is 10.2. The Morgan fingerprint density at radius 2 is 2.38 bits per heavy atom. The Hall–Kier alpha value is -2.44. The highest BCUT2D eigenvalue weighted by molar-refractivity contribution is 5.82. The molecule has 0 saturated carbocycles. The van der Waals surface area contributed by atoms with Crippen molar-refractivity contribution in [2.75, 3.05) is 13.7 Å². The van der Waals surface area contributed by atoms with E-state index >= 15 is 0 Å². The van der Waals surface area contributed by atoms with Crippen LogP contribution in [0.1, 0.15) is 17.0 Å². The summed E-state index contributed by atoms with van der Waals surface area (Å²) in [6.45, 7) is 2.77. The van der Waals surface area contributed by atoms with Gasteiger partial charge in [-0.15, -0.1) is 10.2 Å². The molecule has 0 aliphatic carbocycles. The zero-order chi connectivity index (χ0) is 14.8. The number of hydrogen-bond acceptors (Lipinski definition) is 4. The van der Waals surface area contributed by atoms with Crippen LogP contribution in [0.15, 0.2) is 23.5 Å². The molecule has 110 valence electrons. The molecule has 3 rings (SSSR count). The van der Waals surface area contributed by atoms with Crippen molar-refractivity contribution in [3.05, 3.63) is 41.2 Å². The van der Waals surface area contributed by atoms with Crippen LogP contribution in [-0.4, -0.2) is 34.4 Å². The van der Waals surface area contributed by atoms with Gasteiger partial charge in [0.1, 0.15) is 23.7 Å². The fourth-order valence-electron chi connectivity index (χ4n) is 2.45. The van der Waals surface area contributed by atoms with Crippen LogP contribution in [-0.2, 0) is 13.0 Å². The molecule has 0 spiro atoms. The molecule has 6 nitrogen and oxygen atoms in total. The van der Waals surface area contributed by atoms with Gasteiger partial charge in [-0.2, -0.15) is 0 Å². The average molecular weight is 289 g/mol. The molecule has 0 amide bonds. The van der Waals surface area contributed by atoms with Gasteiger partial charge in [-0.25, -0.2) is 4.39 Å². The van der Waals surface area contributed by atoms with E-state index in [1.165, 1.54) is 6.07 Å². The molecule has 0 bridgehead atoms. The zero-order valence-electron chi connectivity index (χ0n) is 11.9. The minimum absolute atomic E-state index is 0.234. The third kappa shape index (κ3) is 2.46. The first-order valence-electron chi connectivity index (χ1n) is 6.71. The molecule has 1 aromatic heterocycles. The van der Waals surface area contributed by atoms with E-state index in [4.69, 9.17) is 4.74 Å². The highest BCUT2D eigenvalue weighted by atomic mass is 19.1. The van der Waals surface area contributed by atoms with Gasteiger partial charge < -0.3 is 10.1 Å². The van der Waals surface area contributed by atoms with Crippen molar-refractivity contribution in [1.29, 1.82) is 0 Å². The zero-order valence-corrected chi connectivity index (χ0v) is 11.9. The van der Waals surface area contributed by atoms with E-state index in [-0.39, 0.29) is 5.82 Å². The Kier molecular flexibility index (Phi) is 3.55. The highest BCUT2D eigenvalue weighted by Gasteiger charge is 2.19. The predicted molar refractivity (Wildman–Crippen MR) is 76.0 cm³/mol. The standard InChI is InChI=1S/C14H16FN5O/c1-9-19-18-8-20(9)14(16-2)17-7-11-10-5-6-21-13(10)4-3-12(11)15/h3-4,8H,5-7H2,1-2H3,(H,16,17). The van der Waals surface area contributed by atoms with E-state index in [1.807, 2.05) is 6.92 Å². The van der Waals surface area contributed by atoms with Crippen molar-refractivity contribution in [2.45, 2.75) is 19.9 Å². The lowest BCUT2D eigenvalue weighted by atomic mass is 10.0. The smallest absolute Gasteiger partial charge is 0.205 e. The number of aryl methyl sites for hydroxylation is 1. The normalized spacial score (nSPS) is 14.0. The number of fused-ring (bicyclic) bond motifs is 1. The second-order valence-corrected chi connectivity index (χ2v) is 4.75. The van der Waals surface area contributed by atoms with E-state index in [0.29, 0.717) is 30.5 Å². The van der Waals surface area contributed by atoms with Crippen LogP contribution < -0.4 is 10.1 Å². The maximum atomic E-state index is 14.1. The SMILES string of the molecule is CN=C(NCc1c(F)ccc2c1CCO2)n1cnnc1C. The summed E-state index contributed by atoms with van der Waals surface area (Å²) in [5.41, 5.74) is 1.55. The molecule has 1 N–H and O–H groups in total. The lowest BCUT2D eigenvalue weighted by Crippen LogP contribution is -2.31. The molecular weight excluding hydrogens is 273 g/mol. The number of aliphatic imine (C=N–C) groups is 1. The number of aromatic nitrogens is 3. The molecule has 1 aliphatic heterocycles. The third-order valence-electron chi connectivity index (χ3n) is 3.52. The van der Waals surface area contributed by atoms with Crippen molar-refractivity contribution in [1.82, 2.24) is 20.1 Å². The van der Waals surface area contributed by atoms with Gasteiger partial charge >= 0.3 is 0 Å². The van der Waals surface area contributed by atoms with E-state index in [2.05, 4.69) is 20.5 Å². The van der Waals surface area contributed by atoms with Crippen molar-refractivity contribution < 1.29 is 9.13 Å². The Morgan fingerprint density at radius 3 is 3.10 bits per heavy atom. The maximum Gasteiger partial charge on any atom is 0.205 e. The second-order valence-electron chi connectivity index (χ2n) is 4.75. The molecular formula is C14H16FN5O. The summed E-state index contributed by atoms with van der Waals surface area (Å²) in [6.07, 6.45) is 2.30. The highest BCUT2D eigenvalue weighted by Crippen LogP contribution is 2.30. The minimum atomic E-state index is -0.234. The molecule has 0 unspecified atom stereocenters. The number of benzene rings is 1. The lowest BCUT2D eigenvalue weighted by Gasteiger charge is -2.13. The number of ether oxygens (including phenoxy) is 1. The number of rotatable bonds is 2. The Labute approximate surface area is 121 Å². The van der Waals surface area contributed by atoms with Gasteiger partial charge in [-0.1, -0.05) is 0 Å². The summed E-state index contributed by atoms with van der Waals surface area (Å²) in [5, 5.41) is 10.9. The van der Waals surface area contributed by atoms with Crippen LogP contribution >= 0.6 is 0 Å². The molecule has 2 heterocycles. The Morgan fingerprint density at radius 1 is 1.52 bits per heavy atom. The molecule has 0 saturated heterocycles. The van der Waals surface area contributed by atoms with E-state index < -0.39 is 0 Å². The number of hydrogen-bond donors (Lipinski definition) is 1. The number of nitrogens with one attached hydrogen (secondary N) is 1. The summed E-state index contributed by atoms with van der Waals surface area (Å²) < 4.78 is 21.2. The Balaban J connectivity index is 1.82. The molecule has 7 heteroatoms. The van der Waals surface area contributed by atoms with Crippen LogP contribution in [0, 0.1) is 12.7 Å². The third-order valence-corrected chi connectivity index (χ3v) is 3.52. The van der Waals surface area contributed by atoms with Gasteiger partial charge in [0.15, 0.2) is 0 Å². The van der Waals surface area contributed by atoms with Gasteiger partial charge in [0.25, 0.3) is 0 Å². The second kappa shape index (κ2) is 5.51. The summed E-state index contributed by atoms with van der Waals surface area (Å²) in [7, 11) is 1.66. The van der Waals surface area contributed by atoms with Gasteiger partial charge in [0.05, 0.1) is 6.61 Å². The topological polar surface area (TPSA) is 64.3 Å². The Bertz CT molecular complexity index is 695. The van der Waals surface area contributed by atoms with Crippen molar-refractivity contribution in [3.8, 4) is 5.75 Å². The minimum Gasteiger partial charge on any atom is -0.493 e. The quantitative estimate of drug-likeness (QED) is 0.668. The van der Waals surface area contributed by atoms with Crippen LogP contribution in [0.2, 0.25) is 0 Å². The van der Waals surface area contributed by atoms with E-state index in [9.17, 15) is 4.39 Å². The van der Waals surface area contributed by atoms with Gasteiger partial charge in [0, 0.05) is 31.1 Å².